The highest BCUT2D eigenvalue weighted by atomic mass is 16.1. The Hall–Kier alpha value is -3.13. The molecule has 3 aromatic rings. The van der Waals surface area contributed by atoms with Crippen molar-refractivity contribution < 1.29 is 4.79 Å². The average Bonchev–Trinajstić information content (AvgIpc) is 3.18. The Bertz CT molecular complexity index is 1330. The third-order valence-corrected chi connectivity index (χ3v) is 8.30. The molecule has 4 rings (SSSR count). The molecule has 0 bridgehead atoms. The molecule has 36 heavy (non-hydrogen) atoms. The lowest BCUT2D eigenvalue weighted by Crippen LogP contribution is -2.43. The molecule has 0 aliphatic heterocycles. The minimum atomic E-state index is -0.458. The lowest BCUT2D eigenvalue weighted by Gasteiger charge is -2.42. The van der Waals surface area contributed by atoms with Crippen LogP contribution in [0.2, 0.25) is 0 Å². The molecule has 0 saturated heterocycles. The summed E-state index contributed by atoms with van der Waals surface area (Å²) in [6, 6.07) is 4.61. The van der Waals surface area contributed by atoms with Crippen molar-refractivity contribution in [3.8, 4) is 0 Å². The monoisotopic (exact) mass is 492 g/mol. The van der Waals surface area contributed by atoms with Gasteiger partial charge in [-0.15, -0.1) is 0 Å². The molecule has 8 nitrogen and oxygen atoms in total. The molecule has 1 amide bonds. The molecule has 194 valence electrons. The number of aromatic amines is 1. The fraction of sp³-hybridized carbons (Fsp3) is 0.536. The summed E-state index contributed by atoms with van der Waals surface area (Å²) >= 11 is 0. The number of fused-ring (bicyclic) bond motifs is 1. The molecule has 1 unspecified atom stereocenters. The van der Waals surface area contributed by atoms with Crippen LogP contribution in [0.3, 0.4) is 0 Å². The van der Waals surface area contributed by atoms with E-state index in [1.807, 2.05) is 46.1 Å². The van der Waals surface area contributed by atoms with E-state index < -0.39 is 5.91 Å². The van der Waals surface area contributed by atoms with Crippen molar-refractivity contribution in [2.45, 2.75) is 72.0 Å². The van der Waals surface area contributed by atoms with Crippen LogP contribution in [0, 0.1) is 26.7 Å². The minimum absolute atomic E-state index is 0.0628. The standard InChI is InChI=1S/C28H40N6O2/c1-16-12-17(2)31-28(36)24(16)15-34(19(4)20-8-10-21(11-9-20)32(5)6)26-18(3)22(27(29)35)13-25-23(26)14-30-33(25)7/h12-14,19-21H,8-11,15H2,1-7H3,(H2,29,35)(H,31,36). The Balaban J connectivity index is 1.87. The number of hydrogen-bond acceptors (Lipinski definition) is 5. The van der Waals surface area contributed by atoms with Gasteiger partial charge in [-0.25, -0.2) is 0 Å². The Morgan fingerprint density at radius 2 is 1.86 bits per heavy atom. The van der Waals surface area contributed by atoms with Crippen molar-refractivity contribution in [3.05, 3.63) is 56.6 Å². The fourth-order valence-electron chi connectivity index (χ4n) is 6.03. The van der Waals surface area contributed by atoms with Gasteiger partial charge in [0, 0.05) is 47.9 Å². The zero-order valence-corrected chi connectivity index (χ0v) is 22.7. The number of benzene rings is 1. The number of nitrogens with zero attached hydrogens (tertiary/aromatic N) is 4. The largest absolute Gasteiger partial charge is 0.366 e. The van der Waals surface area contributed by atoms with Gasteiger partial charge in [0.2, 0.25) is 5.91 Å². The van der Waals surface area contributed by atoms with Gasteiger partial charge in [0.05, 0.1) is 17.4 Å². The predicted molar refractivity (Wildman–Crippen MR) is 146 cm³/mol. The minimum Gasteiger partial charge on any atom is -0.366 e. The predicted octanol–water partition coefficient (Wildman–Crippen LogP) is 3.80. The second-order valence-corrected chi connectivity index (χ2v) is 10.8. The second-order valence-electron chi connectivity index (χ2n) is 10.8. The first-order chi connectivity index (χ1) is 17.0. The highest BCUT2D eigenvalue weighted by molar-refractivity contribution is 6.04. The maximum Gasteiger partial charge on any atom is 0.253 e. The number of aryl methyl sites for hydroxylation is 3. The van der Waals surface area contributed by atoms with Crippen LogP contribution in [0.1, 0.15) is 65.3 Å². The highest BCUT2D eigenvalue weighted by Gasteiger charge is 2.32. The first-order valence-electron chi connectivity index (χ1n) is 12.9. The summed E-state index contributed by atoms with van der Waals surface area (Å²) < 4.78 is 1.78. The number of anilines is 1. The van der Waals surface area contributed by atoms with Crippen LogP contribution in [-0.4, -0.2) is 51.8 Å². The van der Waals surface area contributed by atoms with Gasteiger partial charge in [-0.3, -0.25) is 14.3 Å². The van der Waals surface area contributed by atoms with E-state index in [1.54, 1.807) is 4.68 Å². The molecule has 0 radical (unpaired) electrons. The summed E-state index contributed by atoms with van der Waals surface area (Å²) in [5, 5.41) is 5.47. The number of amides is 1. The van der Waals surface area contributed by atoms with Crippen molar-refractivity contribution in [2.75, 3.05) is 19.0 Å². The molecule has 1 aliphatic carbocycles. The van der Waals surface area contributed by atoms with E-state index >= 15 is 0 Å². The molecule has 3 N–H and O–H groups in total. The first-order valence-corrected chi connectivity index (χ1v) is 12.9. The topological polar surface area (TPSA) is 100 Å². The van der Waals surface area contributed by atoms with Crippen LogP contribution in [0.15, 0.2) is 23.1 Å². The van der Waals surface area contributed by atoms with E-state index in [4.69, 9.17) is 5.73 Å². The van der Waals surface area contributed by atoms with Crippen molar-refractivity contribution >= 4 is 22.5 Å². The lowest BCUT2D eigenvalue weighted by atomic mass is 9.80. The number of nitrogens with one attached hydrogen (secondary N) is 1. The van der Waals surface area contributed by atoms with Crippen LogP contribution in [0.5, 0.6) is 0 Å². The number of nitrogens with two attached hydrogens (primary N) is 1. The Morgan fingerprint density at radius 1 is 1.19 bits per heavy atom. The quantitative estimate of drug-likeness (QED) is 0.523. The van der Waals surface area contributed by atoms with Gasteiger partial charge in [-0.1, -0.05) is 0 Å². The molecular formula is C28H40N6O2. The zero-order chi connectivity index (χ0) is 26.3. The van der Waals surface area contributed by atoms with E-state index in [0.29, 0.717) is 24.1 Å². The molecule has 2 aromatic heterocycles. The molecule has 1 saturated carbocycles. The smallest absolute Gasteiger partial charge is 0.253 e. The molecule has 1 fully saturated rings. The van der Waals surface area contributed by atoms with Crippen LogP contribution in [0.4, 0.5) is 5.69 Å². The van der Waals surface area contributed by atoms with Crippen molar-refractivity contribution in [1.82, 2.24) is 19.7 Å². The Labute approximate surface area is 213 Å². The van der Waals surface area contributed by atoms with Crippen LogP contribution < -0.4 is 16.2 Å². The van der Waals surface area contributed by atoms with E-state index in [1.165, 1.54) is 0 Å². The van der Waals surface area contributed by atoms with Crippen LogP contribution in [-0.2, 0) is 13.6 Å². The summed E-state index contributed by atoms with van der Waals surface area (Å²) in [6.07, 6.45) is 6.41. The molecule has 8 heteroatoms. The maximum atomic E-state index is 13.1. The number of hydrogen-bond donors (Lipinski definition) is 2. The third kappa shape index (κ3) is 4.78. The number of primary amides is 1. The summed E-state index contributed by atoms with van der Waals surface area (Å²) in [5.41, 5.74) is 11.4. The van der Waals surface area contributed by atoms with E-state index in [0.717, 1.165) is 64.7 Å². The van der Waals surface area contributed by atoms with Crippen molar-refractivity contribution in [2.24, 2.45) is 18.7 Å². The average molecular weight is 493 g/mol. The van der Waals surface area contributed by atoms with Gasteiger partial charge >= 0.3 is 0 Å². The Kier molecular flexibility index (Phi) is 7.27. The van der Waals surface area contributed by atoms with Gasteiger partial charge in [-0.2, -0.15) is 5.10 Å². The first kappa shape index (κ1) is 25.9. The summed E-state index contributed by atoms with van der Waals surface area (Å²) in [5.74, 6) is 0.00898. The highest BCUT2D eigenvalue weighted by Crippen LogP contribution is 2.39. The fourth-order valence-corrected chi connectivity index (χ4v) is 6.03. The molecule has 1 aromatic carbocycles. The van der Waals surface area contributed by atoms with Crippen molar-refractivity contribution in [3.63, 3.8) is 0 Å². The number of pyridine rings is 1. The molecule has 0 spiro atoms. The maximum absolute atomic E-state index is 13.1. The molecule has 1 atom stereocenters. The van der Waals surface area contributed by atoms with E-state index in [2.05, 4.69) is 40.9 Å². The summed E-state index contributed by atoms with van der Waals surface area (Å²) in [4.78, 5) is 33.2. The second kappa shape index (κ2) is 10.1. The van der Waals surface area contributed by atoms with Crippen LogP contribution >= 0.6 is 0 Å². The molecule has 1 aliphatic rings. The SMILES string of the molecule is Cc1cc(C)c(CN(c2c(C)c(C(N)=O)cc3c2cnn3C)C(C)C2CCC(N(C)C)CC2)c(=O)[nH]1. The number of carbonyl (C=O) groups excluding carboxylic acids is 1. The third-order valence-electron chi connectivity index (χ3n) is 8.30. The van der Waals surface area contributed by atoms with Gasteiger partial charge in [0.1, 0.15) is 0 Å². The van der Waals surface area contributed by atoms with Crippen LogP contribution in [0.25, 0.3) is 10.9 Å². The van der Waals surface area contributed by atoms with Gasteiger partial charge < -0.3 is 20.5 Å². The van der Waals surface area contributed by atoms with Gasteiger partial charge in [0.15, 0.2) is 0 Å². The van der Waals surface area contributed by atoms with E-state index in [9.17, 15) is 9.59 Å². The molecular weight excluding hydrogens is 452 g/mol. The number of carbonyl (C=O) groups is 1. The number of H-pyrrole nitrogens is 1. The number of aromatic nitrogens is 3. The Morgan fingerprint density at radius 3 is 2.44 bits per heavy atom. The lowest BCUT2D eigenvalue weighted by molar-refractivity contribution is 0.1000. The summed E-state index contributed by atoms with van der Waals surface area (Å²) in [6.45, 7) is 8.56. The van der Waals surface area contributed by atoms with Crippen molar-refractivity contribution in [1.29, 1.82) is 0 Å². The van der Waals surface area contributed by atoms with Gasteiger partial charge in [-0.05, 0) is 96.7 Å². The summed E-state index contributed by atoms with van der Waals surface area (Å²) in [7, 11) is 6.19. The zero-order valence-electron chi connectivity index (χ0n) is 22.7. The van der Waals surface area contributed by atoms with Gasteiger partial charge in [0.25, 0.3) is 5.56 Å². The normalized spacial score (nSPS) is 19.1. The molecule has 2 heterocycles. The van der Waals surface area contributed by atoms with E-state index in [-0.39, 0.29) is 11.6 Å². The number of rotatable bonds is 7.